The monoisotopic (exact) mass is 291 g/mol. The number of nitrogen functional groups attached to an aromatic ring is 1. The first-order valence-electron chi connectivity index (χ1n) is 6.53. The zero-order chi connectivity index (χ0) is 15.4. The molecule has 0 radical (unpaired) electrons. The zero-order valence-electron chi connectivity index (χ0n) is 11.9. The predicted molar refractivity (Wildman–Crippen MR) is 75.8 cm³/mol. The van der Waals surface area contributed by atoms with Gasteiger partial charge in [0.1, 0.15) is 5.75 Å². The lowest BCUT2D eigenvalue weighted by molar-refractivity contribution is -0.141. The second kappa shape index (κ2) is 6.21. The van der Waals surface area contributed by atoms with Crippen LogP contribution in [-0.4, -0.2) is 38.4 Å². The van der Waals surface area contributed by atoms with Crippen LogP contribution in [0.1, 0.15) is 25.8 Å². The molecule has 0 fully saturated rings. The van der Waals surface area contributed by atoms with Gasteiger partial charge in [-0.1, -0.05) is 13.3 Å². The van der Waals surface area contributed by atoms with Gasteiger partial charge in [0.2, 0.25) is 0 Å². The predicted octanol–water partition coefficient (Wildman–Crippen LogP) is 1.36. The third-order valence-corrected chi connectivity index (χ3v) is 3.12. The number of aromatic nitrogens is 4. The van der Waals surface area contributed by atoms with Crippen molar-refractivity contribution in [2.75, 3.05) is 12.8 Å². The molecule has 1 aromatic carbocycles. The van der Waals surface area contributed by atoms with Gasteiger partial charge in [-0.3, -0.25) is 0 Å². The van der Waals surface area contributed by atoms with Gasteiger partial charge in [-0.15, -0.1) is 5.10 Å². The Hall–Kier alpha value is -2.64. The number of anilines is 1. The third-order valence-electron chi connectivity index (χ3n) is 3.12. The lowest BCUT2D eigenvalue weighted by Crippen LogP contribution is -2.21. The minimum Gasteiger partial charge on any atom is -0.495 e. The first-order valence-corrected chi connectivity index (χ1v) is 6.53. The molecule has 0 aliphatic rings. The Balaban J connectivity index is 2.44. The fraction of sp³-hybridized carbons (Fsp3) is 0.385. The van der Waals surface area contributed by atoms with Crippen LogP contribution in [-0.2, 0) is 4.79 Å². The van der Waals surface area contributed by atoms with Gasteiger partial charge in [-0.25, -0.2) is 9.48 Å². The Labute approximate surface area is 121 Å². The lowest BCUT2D eigenvalue weighted by Gasteiger charge is -2.13. The van der Waals surface area contributed by atoms with Crippen LogP contribution >= 0.6 is 0 Å². The Morgan fingerprint density at radius 1 is 1.52 bits per heavy atom. The number of tetrazole rings is 1. The molecule has 1 aromatic heterocycles. The molecule has 1 atom stereocenters. The van der Waals surface area contributed by atoms with E-state index in [9.17, 15) is 9.90 Å². The maximum Gasteiger partial charge on any atom is 0.328 e. The van der Waals surface area contributed by atoms with E-state index in [2.05, 4.69) is 15.5 Å². The molecular weight excluding hydrogens is 274 g/mol. The highest BCUT2D eigenvalue weighted by atomic mass is 16.5. The number of nitrogens with two attached hydrogens (primary N) is 1. The van der Waals surface area contributed by atoms with Crippen molar-refractivity contribution < 1.29 is 14.6 Å². The number of methoxy groups -OCH3 is 1. The van der Waals surface area contributed by atoms with Crippen LogP contribution < -0.4 is 10.5 Å². The molecule has 8 heteroatoms. The largest absolute Gasteiger partial charge is 0.495 e. The number of hydrogen-bond donors (Lipinski definition) is 2. The average molecular weight is 291 g/mol. The smallest absolute Gasteiger partial charge is 0.328 e. The van der Waals surface area contributed by atoms with Crippen LogP contribution in [0.15, 0.2) is 18.2 Å². The molecule has 1 heterocycles. The van der Waals surface area contributed by atoms with Gasteiger partial charge < -0.3 is 15.6 Å². The number of aliphatic carboxylic acids is 1. The van der Waals surface area contributed by atoms with E-state index >= 15 is 0 Å². The van der Waals surface area contributed by atoms with Crippen LogP contribution in [0.4, 0.5) is 5.69 Å². The molecule has 2 rings (SSSR count). The minimum atomic E-state index is -0.966. The maximum absolute atomic E-state index is 11.4. The van der Waals surface area contributed by atoms with Crippen LogP contribution in [0.25, 0.3) is 11.4 Å². The number of nitrogens with zero attached hydrogens (tertiary/aromatic N) is 4. The Morgan fingerprint density at radius 3 is 2.86 bits per heavy atom. The molecule has 0 aliphatic heterocycles. The van der Waals surface area contributed by atoms with Crippen molar-refractivity contribution in [2.24, 2.45) is 0 Å². The van der Waals surface area contributed by atoms with Crippen molar-refractivity contribution in [1.82, 2.24) is 20.2 Å². The van der Waals surface area contributed by atoms with E-state index in [0.717, 1.165) is 0 Å². The molecule has 0 spiro atoms. The normalized spacial score (nSPS) is 12.1. The lowest BCUT2D eigenvalue weighted by atomic mass is 10.1. The second-order valence-electron chi connectivity index (χ2n) is 4.55. The van der Waals surface area contributed by atoms with E-state index in [1.165, 1.54) is 11.8 Å². The van der Waals surface area contributed by atoms with E-state index in [4.69, 9.17) is 10.5 Å². The van der Waals surface area contributed by atoms with E-state index in [1.54, 1.807) is 18.2 Å². The van der Waals surface area contributed by atoms with E-state index in [-0.39, 0.29) is 0 Å². The molecule has 0 aliphatic carbocycles. The molecule has 21 heavy (non-hydrogen) atoms. The molecular formula is C13H17N5O3. The van der Waals surface area contributed by atoms with E-state index < -0.39 is 12.0 Å². The number of rotatable bonds is 6. The topological polar surface area (TPSA) is 116 Å². The Kier molecular flexibility index (Phi) is 4.36. The third kappa shape index (κ3) is 2.93. The van der Waals surface area contributed by atoms with Crippen molar-refractivity contribution in [2.45, 2.75) is 25.8 Å². The summed E-state index contributed by atoms with van der Waals surface area (Å²) in [6, 6.07) is 4.29. The molecule has 3 N–H and O–H groups in total. The summed E-state index contributed by atoms with van der Waals surface area (Å²) < 4.78 is 6.41. The summed E-state index contributed by atoms with van der Waals surface area (Å²) in [5.41, 5.74) is 6.94. The summed E-state index contributed by atoms with van der Waals surface area (Å²) >= 11 is 0. The second-order valence-corrected chi connectivity index (χ2v) is 4.55. The highest BCUT2D eigenvalue weighted by Crippen LogP contribution is 2.28. The molecule has 0 saturated heterocycles. The SMILES string of the molecule is CCCC(C(=O)O)n1nnnc1-c1ccc(OC)c(N)c1. The number of ether oxygens (including phenoxy) is 1. The van der Waals surface area contributed by atoms with Crippen molar-refractivity contribution in [3.05, 3.63) is 18.2 Å². The maximum atomic E-state index is 11.4. The number of carbonyl (C=O) groups is 1. The van der Waals surface area contributed by atoms with Crippen molar-refractivity contribution in [3.8, 4) is 17.1 Å². The summed E-state index contributed by atoms with van der Waals surface area (Å²) in [4.78, 5) is 11.4. The van der Waals surface area contributed by atoms with Gasteiger partial charge in [0.25, 0.3) is 0 Å². The van der Waals surface area contributed by atoms with Gasteiger partial charge in [0.05, 0.1) is 12.8 Å². The quantitative estimate of drug-likeness (QED) is 0.772. The molecule has 0 saturated carbocycles. The first kappa shape index (κ1) is 14.8. The van der Waals surface area contributed by atoms with E-state index in [1.807, 2.05) is 6.92 Å². The number of hydrogen-bond acceptors (Lipinski definition) is 6. The standard InChI is InChI=1S/C13H17N5O3/c1-3-4-10(13(19)20)18-12(15-16-17-18)8-5-6-11(21-2)9(14)7-8/h5-7,10H,3-4,14H2,1-2H3,(H,19,20). The van der Waals surface area contributed by atoms with Gasteiger partial charge in [-0.05, 0) is 35.0 Å². The number of carboxylic acids is 1. The summed E-state index contributed by atoms with van der Waals surface area (Å²) in [6.45, 7) is 1.91. The first-order chi connectivity index (χ1) is 10.1. The summed E-state index contributed by atoms with van der Waals surface area (Å²) in [7, 11) is 1.52. The highest BCUT2D eigenvalue weighted by Gasteiger charge is 2.24. The van der Waals surface area contributed by atoms with Gasteiger partial charge >= 0.3 is 5.97 Å². The van der Waals surface area contributed by atoms with Crippen LogP contribution in [0, 0.1) is 0 Å². The van der Waals surface area contributed by atoms with E-state index in [0.29, 0.717) is 35.7 Å². The van der Waals surface area contributed by atoms with Crippen molar-refractivity contribution in [1.29, 1.82) is 0 Å². The van der Waals surface area contributed by atoms with Crippen LogP contribution in [0.2, 0.25) is 0 Å². The van der Waals surface area contributed by atoms with Gasteiger partial charge in [0.15, 0.2) is 11.9 Å². The molecule has 0 amide bonds. The fourth-order valence-corrected chi connectivity index (χ4v) is 2.09. The van der Waals surface area contributed by atoms with Crippen molar-refractivity contribution in [3.63, 3.8) is 0 Å². The molecule has 112 valence electrons. The molecule has 8 nitrogen and oxygen atoms in total. The molecule has 2 aromatic rings. The minimum absolute atomic E-state index is 0.366. The summed E-state index contributed by atoms with van der Waals surface area (Å²) in [6.07, 6.45) is 1.15. The van der Waals surface area contributed by atoms with Crippen LogP contribution in [0.3, 0.4) is 0 Å². The number of carboxylic acid groups (broad SMARTS) is 1. The van der Waals surface area contributed by atoms with Crippen LogP contribution in [0.5, 0.6) is 5.75 Å². The van der Waals surface area contributed by atoms with Crippen molar-refractivity contribution >= 4 is 11.7 Å². The average Bonchev–Trinajstić information content (AvgIpc) is 2.93. The Bertz CT molecular complexity index is 640. The summed E-state index contributed by atoms with van der Waals surface area (Å²) in [5.74, 6) is -0.0572. The molecule has 1 unspecified atom stereocenters. The fourth-order valence-electron chi connectivity index (χ4n) is 2.09. The highest BCUT2D eigenvalue weighted by molar-refractivity contribution is 5.73. The zero-order valence-corrected chi connectivity index (χ0v) is 11.9. The Morgan fingerprint density at radius 2 is 2.29 bits per heavy atom. The summed E-state index contributed by atoms with van der Waals surface area (Å²) in [5, 5.41) is 20.6. The molecule has 0 bridgehead atoms. The van der Waals surface area contributed by atoms with Gasteiger partial charge in [0, 0.05) is 5.56 Å². The van der Waals surface area contributed by atoms with Gasteiger partial charge in [-0.2, -0.15) is 0 Å². The number of benzene rings is 1.